The van der Waals surface area contributed by atoms with E-state index in [1.54, 1.807) is 0 Å². The molecule has 0 amide bonds. The van der Waals surface area contributed by atoms with Gasteiger partial charge >= 0.3 is 0 Å². The Labute approximate surface area is 122 Å². The van der Waals surface area contributed by atoms with E-state index in [0.29, 0.717) is 32.5 Å². The fourth-order valence-electron chi connectivity index (χ4n) is 1.47. The first-order valence-corrected chi connectivity index (χ1v) is 8.66. The molecule has 0 aromatic heterocycles. The Kier molecular flexibility index (Phi) is 16.4. The molecule has 0 radical (unpaired) electrons. The second-order valence-corrected chi connectivity index (χ2v) is 5.41. The molecular weight excluding hydrogens is 262 g/mol. The van der Waals surface area contributed by atoms with Crippen LogP contribution in [0.1, 0.15) is 26.7 Å². The van der Waals surface area contributed by atoms with Crippen LogP contribution in [-0.2, 0) is 14.2 Å². The molecule has 0 bridgehead atoms. The van der Waals surface area contributed by atoms with Gasteiger partial charge in [0.1, 0.15) is 0 Å². The summed E-state index contributed by atoms with van der Waals surface area (Å²) >= 11 is 1.86. The van der Waals surface area contributed by atoms with Crippen LogP contribution in [0.25, 0.3) is 0 Å². The van der Waals surface area contributed by atoms with Crippen molar-refractivity contribution in [2.24, 2.45) is 0 Å². The minimum absolute atomic E-state index is 0.551. The zero-order valence-corrected chi connectivity index (χ0v) is 13.6. The summed E-state index contributed by atoms with van der Waals surface area (Å²) in [6, 6.07) is 0.551. The molecule has 0 spiro atoms. The SMILES string of the molecule is CCCCOCCOCCOCCNC(C)CSC. The summed E-state index contributed by atoms with van der Waals surface area (Å²) in [5.41, 5.74) is 0. The Morgan fingerprint density at radius 1 is 0.947 bits per heavy atom. The molecule has 0 aliphatic carbocycles. The third-order valence-corrected chi connectivity index (χ3v) is 3.38. The van der Waals surface area contributed by atoms with Crippen molar-refractivity contribution >= 4 is 11.8 Å². The molecule has 0 saturated heterocycles. The lowest BCUT2D eigenvalue weighted by Crippen LogP contribution is -2.31. The van der Waals surface area contributed by atoms with Gasteiger partial charge < -0.3 is 19.5 Å². The van der Waals surface area contributed by atoms with E-state index in [-0.39, 0.29) is 0 Å². The molecule has 0 rings (SSSR count). The molecule has 1 N–H and O–H groups in total. The number of unbranched alkanes of at least 4 members (excludes halogenated alkanes) is 1. The predicted octanol–water partition coefficient (Wildman–Crippen LogP) is 2.18. The van der Waals surface area contributed by atoms with Gasteiger partial charge in [-0.05, 0) is 19.6 Å². The number of hydrogen-bond donors (Lipinski definition) is 1. The summed E-state index contributed by atoms with van der Waals surface area (Å²) in [7, 11) is 0. The fraction of sp³-hybridized carbons (Fsp3) is 1.00. The molecule has 4 nitrogen and oxygen atoms in total. The second kappa shape index (κ2) is 16.2. The molecule has 0 aromatic carbocycles. The molecule has 1 unspecified atom stereocenters. The van der Waals surface area contributed by atoms with E-state index in [4.69, 9.17) is 14.2 Å². The van der Waals surface area contributed by atoms with Crippen LogP contribution in [0.5, 0.6) is 0 Å². The first-order valence-electron chi connectivity index (χ1n) is 7.26. The highest BCUT2D eigenvalue weighted by atomic mass is 32.2. The summed E-state index contributed by atoms with van der Waals surface area (Å²) in [6.45, 7) is 9.51. The van der Waals surface area contributed by atoms with Crippen LogP contribution >= 0.6 is 11.8 Å². The maximum atomic E-state index is 5.47. The van der Waals surface area contributed by atoms with Crippen molar-refractivity contribution in [2.75, 3.05) is 58.2 Å². The van der Waals surface area contributed by atoms with E-state index in [0.717, 1.165) is 31.9 Å². The number of thioether (sulfide) groups is 1. The van der Waals surface area contributed by atoms with Crippen LogP contribution in [0.3, 0.4) is 0 Å². The zero-order valence-electron chi connectivity index (χ0n) is 12.8. The molecular formula is C14H31NO3S. The number of hydrogen-bond acceptors (Lipinski definition) is 5. The van der Waals surface area contributed by atoms with Crippen LogP contribution in [-0.4, -0.2) is 64.2 Å². The molecule has 116 valence electrons. The summed E-state index contributed by atoms with van der Waals surface area (Å²) in [5, 5.41) is 3.41. The van der Waals surface area contributed by atoms with E-state index >= 15 is 0 Å². The second-order valence-electron chi connectivity index (χ2n) is 4.50. The van der Waals surface area contributed by atoms with Crippen molar-refractivity contribution < 1.29 is 14.2 Å². The lowest BCUT2D eigenvalue weighted by Gasteiger charge is -2.12. The smallest absolute Gasteiger partial charge is 0.0701 e. The van der Waals surface area contributed by atoms with Crippen molar-refractivity contribution in [3.8, 4) is 0 Å². The van der Waals surface area contributed by atoms with E-state index in [1.807, 2.05) is 11.8 Å². The maximum Gasteiger partial charge on any atom is 0.0701 e. The maximum absolute atomic E-state index is 5.47. The molecule has 0 aliphatic heterocycles. The van der Waals surface area contributed by atoms with Crippen LogP contribution in [0.2, 0.25) is 0 Å². The van der Waals surface area contributed by atoms with Gasteiger partial charge in [0.25, 0.3) is 0 Å². The normalized spacial score (nSPS) is 12.8. The average Bonchev–Trinajstić information content (AvgIpc) is 2.40. The summed E-state index contributed by atoms with van der Waals surface area (Å²) in [5.74, 6) is 1.14. The Balaban J connectivity index is 2.99. The molecule has 0 heterocycles. The standard InChI is InChI=1S/C14H31NO3S/c1-4-5-7-16-9-11-18-12-10-17-8-6-15-14(2)13-19-3/h14-15H,4-13H2,1-3H3. The minimum atomic E-state index is 0.551. The molecule has 19 heavy (non-hydrogen) atoms. The van der Waals surface area contributed by atoms with Gasteiger partial charge in [0.2, 0.25) is 0 Å². The van der Waals surface area contributed by atoms with Crippen LogP contribution in [0, 0.1) is 0 Å². The topological polar surface area (TPSA) is 39.7 Å². The number of ether oxygens (including phenoxy) is 3. The Morgan fingerprint density at radius 2 is 1.53 bits per heavy atom. The molecule has 0 fully saturated rings. The van der Waals surface area contributed by atoms with Crippen molar-refractivity contribution in [2.45, 2.75) is 32.7 Å². The quantitative estimate of drug-likeness (QED) is 0.469. The van der Waals surface area contributed by atoms with Gasteiger partial charge in [-0.3, -0.25) is 0 Å². The highest BCUT2D eigenvalue weighted by Crippen LogP contribution is 1.95. The Morgan fingerprint density at radius 3 is 2.11 bits per heavy atom. The van der Waals surface area contributed by atoms with Gasteiger partial charge in [0.05, 0.1) is 33.0 Å². The van der Waals surface area contributed by atoms with Crippen molar-refractivity contribution in [3.63, 3.8) is 0 Å². The Hall–Kier alpha value is 0.190. The molecule has 0 saturated carbocycles. The van der Waals surface area contributed by atoms with Crippen LogP contribution < -0.4 is 5.32 Å². The lowest BCUT2D eigenvalue weighted by molar-refractivity contribution is 0.0145. The average molecular weight is 293 g/mol. The lowest BCUT2D eigenvalue weighted by atomic mass is 10.4. The number of rotatable bonds is 15. The fourth-order valence-corrected chi connectivity index (χ4v) is 2.09. The van der Waals surface area contributed by atoms with E-state index in [1.165, 1.54) is 6.42 Å². The van der Waals surface area contributed by atoms with Crippen molar-refractivity contribution in [1.82, 2.24) is 5.32 Å². The highest BCUT2D eigenvalue weighted by Gasteiger charge is 1.98. The van der Waals surface area contributed by atoms with Crippen molar-refractivity contribution in [1.29, 1.82) is 0 Å². The van der Waals surface area contributed by atoms with E-state index in [9.17, 15) is 0 Å². The van der Waals surface area contributed by atoms with Gasteiger partial charge in [0.15, 0.2) is 0 Å². The predicted molar refractivity (Wildman–Crippen MR) is 83.2 cm³/mol. The first-order chi connectivity index (χ1) is 9.31. The van der Waals surface area contributed by atoms with Gasteiger partial charge in [-0.15, -0.1) is 0 Å². The van der Waals surface area contributed by atoms with Gasteiger partial charge in [-0.2, -0.15) is 11.8 Å². The van der Waals surface area contributed by atoms with Crippen LogP contribution in [0.15, 0.2) is 0 Å². The first kappa shape index (κ1) is 19.2. The third kappa shape index (κ3) is 16.1. The van der Waals surface area contributed by atoms with Gasteiger partial charge in [-0.1, -0.05) is 13.3 Å². The summed E-state index contributed by atoms with van der Waals surface area (Å²) in [4.78, 5) is 0. The van der Waals surface area contributed by atoms with Gasteiger partial charge in [-0.25, -0.2) is 0 Å². The summed E-state index contributed by atoms with van der Waals surface area (Å²) < 4.78 is 16.3. The van der Waals surface area contributed by atoms with Crippen LogP contribution in [0.4, 0.5) is 0 Å². The molecule has 5 heteroatoms. The molecule has 0 aromatic rings. The molecule has 1 atom stereocenters. The number of nitrogens with one attached hydrogen (secondary N) is 1. The highest BCUT2D eigenvalue weighted by molar-refractivity contribution is 7.98. The minimum Gasteiger partial charge on any atom is -0.379 e. The Bertz CT molecular complexity index is 173. The van der Waals surface area contributed by atoms with Gasteiger partial charge in [0, 0.05) is 24.9 Å². The summed E-state index contributed by atoms with van der Waals surface area (Å²) in [6.07, 6.45) is 4.43. The third-order valence-electron chi connectivity index (χ3n) is 2.54. The van der Waals surface area contributed by atoms with Crippen molar-refractivity contribution in [3.05, 3.63) is 0 Å². The van der Waals surface area contributed by atoms with E-state index in [2.05, 4.69) is 25.4 Å². The monoisotopic (exact) mass is 293 g/mol. The largest absolute Gasteiger partial charge is 0.379 e. The van der Waals surface area contributed by atoms with E-state index < -0.39 is 0 Å². The zero-order chi connectivity index (χ0) is 14.2. The molecule has 0 aliphatic rings.